The van der Waals surface area contributed by atoms with E-state index in [1.165, 1.54) is 16.4 Å². The third kappa shape index (κ3) is 5.12. The molecule has 3 rings (SSSR count). The maximum absolute atomic E-state index is 12.6. The summed E-state index contributed by atoms with van der Waals surface area (Å²) in [6.45, 7) is 10.8. The maximum Gasteiger partial charge on any atom is 0.223 e. The number of hydrogen-bond acceptors (Lipinski definition) is 6. The Bertz CT molecular complexity index is 563. The van der Waals surface area contributed by atoms with Crippen molar-refractivity contribution in [1.29, 1.82) is 0 Å². The lowest BCUT2D eigenvalue weighted by Crippen LogP contribution is -2.45. The van der Waals surface area contributed by atoms with Crippen LogP contribution in [0.1, 0.15) is 37.3 Å². The van der Waals surface area contributed by atoms with Gasteiger partial charge in [-0.1, -0.05) is 18.3 Å². The van der Waals surface area contributed by atoms with Gasteiger partial charge in [-0.15, -0.1) is 17.5 Å². The number of nitrogens with zero attached hydrogens (tertiary/aromatic N) is 3. The summed E-state index contributed by atoms with van der Waals surface area (Å²) < 4.78 is 9.40. The lowest BCUT2D eigenvalue weighted by molar-refractivity contribution is -0.128. The maximum atomic E-state index is 12.6. The van der Waals surface area contributed by atoms with Crippen LogP contribution in [-0.4, -0.2) is 52.7 Å². The Hall–Kier alpha value is -0.760. The molecule has 0 aliphatic carbocycles. The number of carbonyl (C=O) groups excluding carboxylic acids is 1. The average Bonchev–Trinajstić information content (AvgIpc) is 3.15. The minimum Gasteiger partial charge on any atom is -0.381 e. The summed E-state index contributed by atoms with van der Waals surface area (Å²) in [4.78, 5) is 16.3. The van der Waals surface area contributed by atoms with E-state index >= 15 is 0 Å². The number of nitrogens with one attached hydrogen (secondary N) is 1. The Kier molecular flexibility index (Phi) is 7.61. The summed E-state index contributed by atoms with van der Waals surface area (Å²) in [7, 11) is 0. The highest BCUT2D eigenvalue weighted by Gasteiger charge is 2.37. The summed E-state index contributed by atoms with van der Waals surface area (Å²) in [6.07, 6.45) is 1.70. The lowest BCUT2D eigenvalue weighted by Gasteiger charge is -2.27. The predicted octanol–water partition coefficient (Wildman–Crippen LogP) is 2.27. The number of amides is 1. The number of carbonyl (C=O) groups is 1. The van der Waals surface area contributed by atoms with Crippen LogP contribution in [0.25, 0.3) is 0 Å². The van der Waals surface area contributed by atoms with Crippen molar-refractivity contribution in [2.24, 2.45) is 17.8 Å². The zero-order chi connectivity index (χ0) is 17.1. The summed E-state index contributed by atoms with van der Waals surface area (Å²) in [5.41, 5.74) is 1.02. The molecule has 0 radical (unpaired) electrons. The molecule has 2 saturated heterocycles. The number of rotatable bonds is 5. The summed E-state index contributed by atoms with van der Waals surface area (Å²) in [6, 6.07) is 0.238. The molecule has 142 valence electrons. The van der Waals surface area contributed by atoms with E-state index in [9.17, 15) is 4.79 Å². The van der Waals surface area contributed by atoms with Gasteiger partial charge in [0.2, 0.25) is 5.91 Å². The zero-order valence-corrected chi connectivity index (χ0v) is 16.9. The average molecular weight is 389 g/mol. The zero-order valence-electron chi connectivity index (χ0n) is 15.2. The molecule has 0 bridgehead atoms. The van der Waals surface area contributed by atoms with E-state index in [1.54, 1.807) is 0 Å². The van der Waals surface area contributed by atoms with Crippen molar-refractivity contribution in [2.75, 3.05) is 26.3 Å². The molecule has 3 heterocycles. The Labute approximate surface area is 160 Å². The molecule has 2 fully saturated rings. The number of halogens is 1. The van der Waals surface area contributed by atoms with Crippen LogP contribution in [-0.2, 0) is 16.1 Å². The van der Waals surface area contributed by atoms with E-state index in [0.717, 1.165) is 38.2 Å². The minimum atomic E-state index is 0. The normalized spacial score (nSPS) is 25.1. The van der Waals surface area contributed by atoms with Crippen LogP contribution in [0.4, 0.5) is 0 Å². The molecular formula is C17H29ClN4O2S. The molecule has 25 heavy (non-hydrogen) atoms. The van der Waals surface area contributed by atoms with E-state index < -0.39 is 0 Å². The smallest absolute Gasteiger partial charge is 0.223 e. The Morgan fingerprint density at radius 1 is 1.36 bits per heavy atom. The van der Waals surface area contributed by atoms with E-state index in [-0.39, 0.29) is 30.3 Å². The third-order valence-corrected chi connectivity index (χ3v) is 6.14. The topological polar surface area (TPSA) is 67.4 Å². The van der Waals surface area contributed by atoms with E-state index in [4.69, 9.17) is 4.74 Å². The van der Waals surface area contributed by atoms with Gasteiger partial charge in [0, 0.05) is 44.8 Å². The fourth-order valence-corrected chi connectivity index (χ4v) is 4.41. The van der Waals surface area contributed by atoms with Crippen LogP contribution in [0.3, 0.4) is 0 Å². The second kappa shape index (κ2) is 9.26. The van der Waals surface area contributed by atoms with Crippen LogP contribution in [0, 0.1) is 24.7 Å². The molecule has 2 atom stereocenters. The fourth-order valence-electron chi connectivity index (χ4n) is 3.73. The van der Waals surface area contributed by atoms with Gasteiger partial charge in [0.05, 0.1) is 10.6 Å². The van der Waals surface area contributed by atoms with Gasteiger partial charge >= 0.3 is 0 Å². The van der Waals surface area contributed by atoms with E-state index in [0.29, 0.717) is 25.0 Å². The van der Waals surface area contributed by atoms with Gasteiger partial charge in [-0.2, -0.15) is 0 Å². The summed E-state index contributed by atoms with van der Waals surface area (Å²) in [5, 5.41) is 7.44. The summed E-state index contributed by atoms with van der Waals surface area (Å²) >= 11 is 1.48. The summed E-state index contributed by atoms with van der Waals surface area (Å²) in [5.74, 6) is 1.38. The highest BCUT2D eigenvalue weighted by molar-refractivity contribution is 7.05. The Balaban J connectivity index is 0.00000225. The molecule has 1 aromatic rings. The first-order chi connectivity index (χ1) is 11.5. The molecular weight excluding hydrogens is 360 g/mol. The molecule has 1 N–H and O–H groups in total. The van der Waals surface area contributed by atoms with Crippen molar-refractivity contribution in [3.05, 3.63) is 10.6 Å². The third-order valence-electron chi connectivity index (χ3n) is 5.33. The number of likely N-dealkylation sites (tertiary alicyclic amines) is 1. The molecule has 0 unspecified atom stereocenters. The highest BCUT2D eigenvalue weighted by atomic mass is 35.5. The Morgan fingerprint density at radius 3 is 2.68 bits per heavy atom. The van der Waals surface area contributed by atoms with E-state index in [2.05, 4.69) is 33.7 Å². The second-order valence-electron chi connectivity index (χ2n) is 7.39. The number of aryl methyl sites for hydroxylation is 1. The van der Waals surface area contributed by atoms with Crippen molar-refractivity contribution in [3.8, 4) is 0 Å². The van der Waals surface area contributed by atoms with Gasteiger partial charge < -0.3 is 10.1 Å². The lowest BCUT2D eigenvalue weighted by atomic mass is 9.90. The molecule has 0 aromatic carbocycles. The van der Waals surface area contributed by atoms with Crippen LogP contribution in [0.2, 0.25) is 0 Å². The van der Waals surface area contributed by atoms with Crippen LogP contribution >= 0.6 is 23.9 Å². The largest absolute Gasteiger partial charge is 0.381 e. The fraction of sp³-hybridized carbons (Fsp3) is 0.824. The molecule has 0 saturated carbocycles. The van der Waals surface area contributed by atoms with Crippen LogP contribution < -0.4 is 5.32 Å². The van der Waals surface area contributed by atoms with Gasteiger partial charge in [-0.05, 0) is 43.1 Å². The number of hydrogen-bond donors (Lipinski definition) is 1. The Morgan fingerprint density at radius 2 is 2.08 bits per heavy atom. The first kappa shape index (κ1) is 20.6. The van der Waals surface area contributed by atoms with Gasteiger partial charge in [0.25, 0.3) is 0 Å². The quantitative estimate of drug-likeness (QED) is 0.838. The van der Waals surface area contributed by atoms with Crippen molar-refractivity contribution in [1.82, 2.24) is 19.8 Å². The number of ether oxygens (including phenoxy) is 1. The van der Waals surface area contributed by atoms with Crippen molar-refractivity contribution >= 4 is 29.8 Å². The van der Waals surface area contributed by atoms with Gasteiger partial charge in [0.1, 0.15) is 0 Å². The van der Waals surface area contributed by atoms with Gasteiger partial charge in [0.15, 0.2) is 0 Å². The molecule has 1 amide bonds. The molecule has 0 spiro atoms. The van der Waals surface area contributed by atoms with Crippen molar-refractivity contribution in [2.45, 2.75) is 46.2 Å². The number of aromatic nitrogens is 2. The minimum absolute atomic E-state index is 0. The molecule has 2 aliphatic rings. The molecule has 6 nitrogen and oxygen atoms in total. The first-order valence-corrected chi connectivity index (χ1v) is 9.70. The monoisotopic (exact) mass is 388 g/mol. The standard InChI is InChI=1S/C17H28N4O2S.ClH/c1-11(2)14-8-21(10-16-12(3)19-20-24-16)9-15(14)18-17(22)13-4-6-23-7-5-13;/h11,13-15H,4-10H2,1-3H3,(H,18,22);1H/t14-,15+;/m1./s1. The predicted molar refractivity (Wildman–Crippen MR) is 101 cm³/mol. The van der Waals surface area contributed by atoms with Crippen LogP contribution in [0.15, 0.2) is 0 Å². The van der Waals surface area contributed by atoms with Crippen molar-refractivity contribution in [3.63, 3.8) is 0 Å². The second-order valence-corrected chi connectivity index (χ2v) is 8.22. The molecule has 1 aromatic heterocycles. The van der Waals surface area contributed by atoms with Crippen LogP contribution in [0.5, 0.6) is 0 Å². The molecule has 8 heteroatoms. The van der Waals surface area contributed by atoms with Crippen molar-refractivity contribution < 1.29 is 9.53 Å². The van der Waals surface area contributed by atoms with E-state index in [1.807, 2.05) is 6.92 Å². The molecule has 2 aliphatic heterocycles. The first-order valence-electron chi connectivity index (χ1n) is 8.93. The SMILES string of the molecule is Cc1nnsc1CN1C[C@H](NC(=O)C2CCOCC2)[C@@H](C(C)C)C1.Cl. The highest BCUT2D eigenvalue weighted by Crippen LogP contribution is 2.27. The van der Waals surface area contributed by atoms with Gasteiger partial charge in [-0.3, -0.25) is 9.69 Å². The van der Waals surface area contributed by atoms with Gasteiger partial charge in [-0.25, -0.2) is 0 Å².